The lowest BCUT2D eigenvalue weighted by atomic mass is 10.4. The van der Waals surface area contributed by atoms with Gasteiger partial charge in [0.25, 0.3) is 0 Å². The number of fused-ring (bicyclic) bond motifs is 1. The summed E-state index contributed by atoms with van der Waals surface area (Å²) in [5.41, 5.74) is 0.255. The molecule has 0 spiro atoms. The average Bonchev–Trinajstić information content (AvgIpc) is 2.64. The van der Waals surface area contributed by atoms with Crippen molar-refractivity contribution in [2.75, 3.05) is 7.11 Å². The highest BCUT2D eigenvalue weighted by atomic mass is 16.6. The molecule has 0 atom stereocenters. The van der Waals surface area contributed by atoms with E-state index in [0.29, 0.717) is 5.88 Å². The molecule has 0 saturated carbocycles. The highest BCUT2D eigenvalue weighted by molar-refractivity contribution is 5.61. The Morgan fingerprint density at radius 2 is 2.36 bits per heavy atom. The molecule has 0 aromatic carbocycles. The molecule has 2 rings (SSSR count). The number of pyridine rings is 1. The van der Waals surface area contributed by atoms with Crippen molar-refractivity contribution in [3.05, 3.63) is 34.6 Å². The van der Waals surface area contributed by atoms with Gasteiger partial charge in [0.15, 0.2) is 5.88 Å². The highest BCUT2D eigenvalue weighted by Crippen LogP contribution is 2.23. The standard InChI is InChI=1S/C8H7N3O3/c1-14-7-3-2-6(11(12)13)8-9-4-5-10(7)8/h2-5H,1H3. The lowest BCUT2D eigenvalue weighted by molar-refractivity contribution is -0.383. The van der Waals surface area contributed by atoms with Crippen molar-refractivity contribution >= 4 is 11.3 Å². The third-order valence-electron chi connectivity index (χ3n) is 1.90. The predicted molar refractivity (Wildman–Crippen MR) is 48.4 cm³/mol. The van der Waals surface area contributed by atoms with Gasteiger partial charge in [-0.3, -0.25) is 14.5 Å². The van der Waals surface area contributed by atoms with E-state index in [4.69, 9.17) is 4.74 Å². The Bertz CT molecular complexity index is 492. The van der Waals surface area contributed by atoms with Crippen molar-refractivity contribution < 1.29 is 9.66 Å². The minimum Gasteiger partial charge on any atom is -0.482 e. The quantitative estimate of drug-likeness (QED) is 0.531. The molecule has 2 heterocycles. The number of aromatic nitrogens is 2. The molecule has 0 bridgehead atoms. The number of ether oxygens (including phenoxy) is 1. The minimum atomic E-state index is -0.470. The number of hydrogen-bond donors (Lipinski definition) is 0. The van der Waals surface area contributed by atoms with E-state index < -0.39 is 4.92 Å². The lowest BCUT2D eigenvalue weighted by Gasteiger charge is -2.02. The summed E-state index contributed by atoms with van der Waals surface area (Å²) in [5.74, 6) is 0.517. The molecular weight excluding hydrogens is 186 g/mol. The van der Waals surface area contributed by atoms with Gasteiger partial charge in [-0.05, 0) is 0 Å². The molecule has 6 heteroatoms. The van der Waals surface area contributed by atoms with Gasteiger partial charge in [-0.2, -0.15) is 0 Å². The number of nitrogens with zero attached hydrogens (tertiary/aromatic N) is 3. The highest BCUT2D eigenvalue weighted by Gasteiger charge is 2.15. The zero-order valence-electron chi connectivity index (χ0n) is 7.38. The maximum Gasteiger partial charge on any atom is 0.312 e. The predicted octanol–water partition coefficient (Wildman–Crippen LogP) is 1.25. The van der Waals surface area contributed by atoms with Crippen LogP contribution >= 0.6 is 0 Å². The van der Waals surface area contributed by atoms with Crippen LogP contribution in [0.3, 0.4) is 0 Å². The van der Waals surface area contributed by atoms with Crippen molar-refractivity contribution in [1.82, 2.24) is 9.38 Å². The second kappa shape index (κ2) is 2.99. The van der Waals surface area contributed by atoms with E-state index in [1.165, 1.54) is 29.8 Å². The molecule has 0 saturated heterocycles. The summed E-state index contributed by atoms with van der Waals surface area (Å²) in [5, 5.41) is 10.6. The molecule has 2 aromatic rings. The first-order valence-corrected chi connectivity index (χ1v) is 3.88. The summed E-state index contributed by atoms with van der Waals surface area (Å²) in [6.45, 7) is 0. The minimum absolute atomic E-state index is 0.0317. The molecule has 6 nitrogen and oxygen atoms in total. The van der Waals surface area contributed by atoms with Gasteiger partial charge in [-0.15, -0.1) is 0 Å². The van der Waals surface area contributed by atoms with Gasteiger partial charge in [0, 0.05) is 24.5 Å². The van der Waals surface area contributed by atoms with E-state index in [2.05, 4.69) is 4.98 Å². The number of rotatable bonds is 2. The van der Waals surface area contributed by atoms with E-state index >= 15 is 0 Å². The van der Waals surface area contributed by atoms with Crippen LogP contribution in [0.2, 0.25) is 0 Å². The summed E-state index contributed by atoms with van der Waals surface area (Å²) in [6, 6.07) is 2.91. The van der Waals surface area contributed by atoms with Crippen LogP contribution in [0, 0.1) is 10.1 Å². The van der Waals surface area contributed by atoms with Crippen LogP contribution in [-0.4, -0.2) is 21.4 Å². The third kappa shape index (κ3) is 1.08. The molecule has 2 aromatic heterocycles. The molecule has 0 radical (unpaired) electrons. The summed E-state index contributed by atoms with van der Waals surface area (Å²) in [7, 11) is 1.50. The molecule has 0 amide bonds. The first kappa shape index (κ1) is 8.49. The second-order valence-electron chi connectivity index (χ2n) is 2.64. The Morgan fingerprint density at radius 1 is 1.57 bits per heavy atom. The van der Waals surface area contributed by atoms with Gasteiger partial charge < -0.3 is 4.74 Å². The average molecular weight is 193 g/mol. The Morgan fingerprint density at radius 3 is 3.00 bits per heavy atom. The van der Waals surface area contributed by atoms with Crippen molar-refractivity contribution in [2.24, 2.45) is 0 Å². The van der Waals surface area contributed by atoms with Gasteiger partial charge in [0.05, 0.1) is 12.0 Å². The van der Waals surface area contributed by atoms with Crippen LogP contribution in [0.15, 0.2) is 24.5 Å². The van der Waals surface area contributed by atoms with Crippen LogP contribution in [-0.2, 0) is 0 Å². The van der Waals surface area contributed by atoms with Crippen molar-refractivity contribution in [3.63, 3.8) is 0 Å². The largest absolute Gasteiger partial charge is 0.482 e. The van der Waals surface area contributed by atoms with Gasteiger partial charge in [0.1, 0.15) is 0 Å². The maximum absolute atomic E-state index is 10.6. The molecule has 0 aliphatic rings. The van der Waals surface area contributed by atoms with Gasteiger partial charge in [-0.1, -0.05) is 0 Å². The summed E-state index contributed by atoms with van der Waals surface area (Å²) >= 11 is 0. The third-order valence-corrected chi connectivity index (χ3v) is 1.90. The van der Waals surface area contributed by atoms with E-state index in [9.17, 15) is 10.1 Å². The van der Waals surface area contributed by atoms with Crippen LogP contribution in [0.1, 0.15) is 0 Å². The first-order valence-electron chi connectivity index (χ1n) is 3.88. The van der Waals surface area contributed by atoms with E-state index in [1.807, 2.05) is 0 Å². The monoisotopic (exact) mass is 193 g/mol. The number of methoxy groups -OCH3 is 1. The fraction of sp³-hybridized carbons (Fsp3) is 0.125. The number of imidazole rings is 1. The van der Waals surface area contributed by atoms with E-state index in [1.54, 1.807) is 6.20 Å². The van der Waals surface area contributed by atoms with Crippen molar-refractivity contribution in [3.8, 4) is 5.88 Å². The zero-order valence-corrected chi connectivity index (χ0v) is 7.38. The van der Waals surface area contributed by atoms with Crippen molar-refractivity contribution in [2.45, 2.75) is 0 Å². The molecule has 0 N–H and O–H groups in total. The molecule has 72 valence electrons. The fourth-order valence-electron chi connectivity index (χ4n) is 1.28. The number of hydrogen-bond acceptors (Lipinski definition) is 4. The smallest absolute Gasteiger partial charge is 0.312 e. The van der Waals surface area contributed by atoms with Crippen molar-refractivity contribution in [1.29, 1.82) is 0 Å². The molecule has 0 aliphatic heterocycles. The van der Waals surface area contributed by atoms with Crippen LogP contribution < -0.4 is 4.74 Å². The van der Waals surface area contributed by atoms with E-state index in [0.717, 1.165) is 0 Å². The van der Waals surface area contributed by atoms with Gasteiger partial charge >= 0.3 is 5.69 Å². The SMILES string of the molecule is COc1ccc([N+](=O)[O-])c2nccn12. The zero-order chi connectivity index (χ0) is 10.1. The van der Waals surface area contributed by atoms with Gasteiger partial charge in [-0.25, -0.2) is 4.98 Å². The van der Waals surface area contributed by atoms with Crippen LogP contribution in [0.4, 0.5) is 5.69 Å². The molecule has 0 unspecified atom stereocenters. The molecular formula is C8H7N3O3. The van der Waals surface area contributed by atoms with E-state index in [-0.39, 0.29) is 11.3 Å². The number of nitro groups is 1. The lowest BCUT2D eigenvalue weighted by Crippen LogP contribution is -1.97. The van der Waals surface area contributed by atoms with Gasteiger partial charge in [0.2, 0.25) is 5.65 Å². The van der Waals surface area contributed by atoms with Crippen LogP contribution in [0.25, 0.3) is 5.65 Å². The Hall–Kier alpha value is -2.11. The van der Waals surface area contributed by atoms with Crippen LogP contribution in [0.5, 0.6) is 5.88 Å². The Kier molecular flexibility index (Phi) is 1.81. The Balaban J connectivity index is 2.78. The molecule has 0 fully saturated rings. The summed E-state index contributed by atoms with van der Waals surface area (Å²) in [4.78, 5) is 14.0. The molecule has 14 heavy (non-hydrogen) atoms. The summed E-state index contributed by atoms with van der Waals surface area (Å²) in [6.07, 6.45) is 3.10. The summed E-state index contributed by atoms with van der Waals surface area (Å²) < 4.78 is 6.55. The fourth-order valence-corrected chi connectivity index (χ4v) is 1.28. The topological polar surface area (TPSA) is 69.7 Å². The maximum atomic E-state index is 10.6. The second-order valence-corrected chi connectivity index (χ2v) is 2.64. The normalized spacial score (nSPS) is 10.4. The Labute approximate surface area is 78.9 Å². The first-order chi connectivity index (χ1) is 6.74. The molecule has 0 aliphatic carbocycles.